The van der Waals surface area contributed by atoms with Crippen molar-refractivity contribution in [3.8, 4) is 0 Å². The van der Waals surface area contributed by atoms with E-state index in [1.807, 2.05) is 33.3 Å². The summed E-state index contributed by atoms with van der Waals surface area (Å²) in [5.41, 5.74) is 0. The molecule has 3 atom stereocenters. The van der Waals surface area contributed by atoms with Crippen molar-refractivity contribution in [2.24, 2.45) is 0 Å². The van der Waals surface area contributed by atoms with Crippen LogP contribution in [0, 0.1) is 0 Å². The first-order valence-electron chi connectivity index (χ1n) is 31.5. The maximum Gasteiger partial charge on any atom is 0.306 e. The number of allylic oxidation sites excluding steroid dienone is 1. The summed E-state index contributed by atoms with van der Waals surface area (Å²) < 4.78 is 30.3. The molecule has 3 unspecified atom stereocenters. The summed E-state index contributed by atoms with van der Waals surface area (Å²) in [5.74, 6) is -0.519. The van der Waals surface area contributed by atoms with Gasteiger partial charge in [0.25, 0.3) is 7.82 Å². The van der Waals surface area contributed by atoms with Crippen molar-refractivity contribution in [2.45, 2.75) is 335 Å². The van der Waals surface area contributed by atoms with Crippen molar-refractivity contribution in [2.75, 3.05) is 40.9 Å². The molecule has 0 rings (SSSR count). The molecule has 72 heavy (non-hydrogen) atoms. The van der Waals surface area contributed by atoms with E-state index in [1.165, 1.54) is 231 Å². The molecule has 10 heteroatoms. The van der Waals surface area contributed by atoms with E-state index in [1.54, 1.807) is 0 Å². The van der Waals surface area contributed by atoms with E-state index in [0.717, 1.165) is 57.8 Å². The smallest absolute Gasteiger partial charge is 0.306 e. The highest BCUT2D eigenvalue weighted by molar-refractivity contribution is 7.45. The summed E-state index contributed by atoms with van der Waals surface area (Å²) in [6.07, 6.45) is 60.3. The summed E-state index contributed by atoms with van der Waals surface area (Å²) in [5, 5.41) is 3.04. The Bertz CT molecular complexity index is 1240. The van der Waals surface area contributed by atoms with E-state index in [0.29, 0.717) is 17.4 Å². The first-order valence-corrected chi connectivity index (χ1v) is 33.0. The zero-order valence-corrected chi connectivity index (χ0v) is 49.8. The van der Waals surface area contributed by atoms with Crippen LogP contribution >= 0.6 is 7.82 Å². The third-order valence-electron chi connectivity index (χ3n) is 14.5. The van der Waals surface area contributed by atoms with Gasteiger partial charge < -0.3 is 28.5 Å². The van der Waals surface area contributed by atoms with Crippen molar-refractivity contribution in [3.05, 3.63) is 12.2 Å². The normalized spacial score (nSPS) is 13.7. The van der Waals surface area contributed by atoms with E-state index in [9.17, 15) is 19.0 Å². The predicted molar refractivity (Wildman–Crippen MR) is 307 cm³/mol. The molecule has 0 heterocycles. The molecule has 0 spiro atoms. The summed E-state index contributed by atoms with van der Waals surface area (Å²) >= 11 is 0. The quantitative estimate of drug-likeness (QED) is 0.0212. The number of hydrogen-bond acceptors (Lipinski definition) is 7. The molecule has 9 nitrogen and oxygen atoms in total. The van der Waals surface area contributed by atoms with Crippen LogP contribution in [-0.4, -0.2) is 69.4 Å². The van der Waals surface area contributed by atoms with Gasteiger partial charge in [-0.05, 0) is 31.8 Å². The van der Waals surface area contributed by atoms with Gasteiger partial charge in [0, 0.05) is 12.8 Å². The fraction of sp³-hybridized carbons (Fsp3) is 0.935. The molecule has 1 amide bonds. The van der Waals surface area contributed by atoms with Crippen LogP contribution in [0.3, 0.4) is 0 Å². The van der Waals surface area contributed by atoms with Crippen LogP contribution in [0.25, 0.3) is 0 Å². The summed E-state index contributed by atoms with van der Waals surface area (Å²) in [6.45, 7) is 6.90. The number of esters is 1. The second-order valence-electron chi connectivity index (χ2n) is 22.9. The maximum absolute atomic E-state index is 13.5. The monoisotopic (exact) mass is 1040 g/mol. The number of nitrogens with zero attached hydrogens (tertiary/aromatic N) is 1. The number of phosphoric acid groups is 1. The minimum Gasteiger partial charge on any atom is -0.756 e. The molecule has 0 aliphatic heterocycles. The molecule has 0 saturated carbocycles. The number of hydrogen-bond donors (Lipinski definition) is 1. The van der Waals surface area contributed by atoms with Gasteiger partial charge in [0.05, 0.1) is 33.8 Å². The van der Waals surface area contributed by atoms with Crippen LogP contribution in [0.5, 0.6) is 0 Å². The van der Waals surface area contributed by atoms with E-state index in [2.05, 4.69) is 26.1 Å². The Balaban J connectivity index is 5.19. The van der Waals surface area contributed by atoms with Gasteiger partial charge in [0.1, 0.15) is 19.3 Å². The number of quaternary nitrogens is 1. The molecule has 428 valence electrons. The SMILES string of the molecule is CCCCCCCCCCCC/C=C/C(OC(=O)CCCCCCCCCCCCCCCCC)C(COP(=O)([O-])OCC[N+](C)(C)C)NC(=O)CCCCCCCCCCCCCCCCCCCCC. The summed E-state index contributed by atoms with van der Waals surface area (Å²) in [4.78, 5) is 40.0. The Morgan fingerprint density at radius 3 is 1.14 bits per heavy atom. The number of amides is 1. The lowest BCUT2D eigenvalue weighted by Crippen LogP contribution is -2.47. The van der Waals surface area contributed by atoms with E-state index >= 15 is 0 Å². The lowest BCUT2D eigenvalue weighted by Gasteiger charge is -2.30. The molecular formula is C62H123N2O7P. The summed E-state index contributed by atoms with van der Waals surface area (Å²) in [7, 11) is 1.21. The standard InChI is InChI=1S/C62H123N2O7P/c1-7-10-13-16-19-22-25-28-30-31-32-33-35-36-39-42-45-48-51-54-61(65)63-59(58-70-72(67,68)69-57-56-64(4,5)6)60(53-50-47-44-41-38-27-24-21-18-15-12-9-3)71-62(66)55-52-49-46-43-40-37-34-29-26-23-20-17-14-11-8-2/h50,53,59-60H,7-49,51-52,54-58H2,1-6H3,(H-,63,65,67,68)/b53-50+. The molecule has 0 saturated heterocycles. The second kappa shape index (κ2) is 53.2. The number of likely N-dealkylation sites (N-methyl/N-ethyl adjacent to an activating group) is 1. The third kappa shape index (κ3) is 53.6. The van der Waals surface area contributed by atoms with Crippen molar-refractivity contribution in [1.82, 2.24) is 5.32 Å². The fourth-order valence-electron chi connectivity index (χ4n) is 9.58. The van der Waals surface area contributed by atoms with Gasteiger partial charge in [0.15, 0.2) is 0 Å². The van der Waals surface area contributed by atoms with E-state index < -0.39 is 20.0 Å². The van der Waals surface area contributed by atoms with Gasteiger partial charge in [-0.3, -0.25) is 14.2 Å². The van der Waals surface area contributed by atoms with Crippen molar-refractivity contribution in [3.63, 3.8) is 0 Å². The van der Waals surface area contributed by atoms with Gasteiger partial charge in [-0.1, -0.05) is 290 Å². The topological polar surface area (TPSA) is 114 Å². The highest BCUT2D eigenvalue weighted by atomic mass is 31.2. The highest BCUT2D eigenvalue weighted by Crippen LogP contribution is 2.38. The van der Waals surface area contributed by atoms with Gasteiger partial charge in [-0.25, -0.2) is 0 Å². The van der Waals surface area contributed by atoms with Crippen LogP contribution in [0.4, 0.5) is 0 Å². The summed E-state index contributed by atoms with van der Waals surface area (Å²) in [6, 6.07) is -0.879. The molecule has 0 aliphatic carbocycles. The Morgan fingerprint density at radius 1 is 0.472 bits per heavy atom. The maximum atomic E-state index is 13.5. The number of rotatable bonds is 58. The zero-order chi connectivity index (χ0) is 52.9. The van der Waals surface area contributed by atoms with Gasteiger partial charge in [-0.2, -0.15) is 0 Å². The minimum atomic E-state index is -4.69. The molecule has 0 fully saturated rings. The largest absolute Gasteiger partial charge is 0.756 e. The van der Waals surface area contributed by atoms with Gasteiger partial charge >= 0.3 is 5.97 Å². The highest BCUT2D eigenvalue weighted by Gasteiger charge is 2.27. The number of ether oxygens (including phenoxy) is 1. The molecule has 0 aromatic carbocycles. The molecule has 0 aliphatic rings. The Morgan fingerprint density at radius 2 is 0.792 bits per heavy atom. The van der Waals surface area contributed by atoms with Crippen molar-refractivity contribution < 1.29 is 37.3 Å². The molecular weight excluding hydrogens is 916 g/mol. The second-order valence-corrected chi connectivity index (χ2v) is 24.3. The minimum absolute atomic E-state index is 0.0167. The van der Waals surface area contributed by atoms with Crippen molar-refractivity contribution >= 4 is 19.7 Å². The van der Waals surface area contributed by atoms with Crippen LogP contribution in [0.2, 0.25) is 0 Å². The molecule has 1 N–H and O–H groups in total. The van der Waals surface area contributed by atoms with Gasteiger partial charge in [-0.15, -0.1) is 0 Å². The molecule has 0 bridgehead atoms. The number of carbonyl (C=O) groups excluding carboxylic acids is 2. The lowest BCUT2D eigenvalue weighted by molar-refractivity contribution is -0.870. The number of unbranched alkanes of at least 4 members (excludes halogenated alkanes) is 42. The Hall–Kier alpha value is -1.25. The van der Waals surface area contributed by atoms with E-state index in [-0.39, 0.29) is 31.5 Å². The lowest BCUT2D eigenvalue weighted by atomic mass is 10.0. The van der Waals surface area contributed by atoms with Crippen LogP contribution in [-0.2, 0) is 27.9 Å². The first-order chi connectivity index (χ1) is 34.9. The molecule has 0 aromatic rings. The van der Waals surface area contributed by atoms with Crippen LogP contribution < -0.4 is 10.2 Å². The van der Waals surface area contributed by atoms with Crippen LogP contribution in [0.15, 0.2) is 12.2 Å². The average molecular weight is 1040 g/mol. The Kier molecular flexibility index (Phi) is 52.2. The average Bonchev–Trinajstić information content (AvgIpc) is 3.34. The number of nitrogens with one attached hydrogen (secondary N) is 1. The Labute approximate surface area is 448 Å². The predicted octanol–water partition coefficient (Wildman–Crippen LogP) is 18.5. The van der Waals surface area contributed by atoms with E-state index in [4.69, 9.17) is 13.8 Å². The molecule has 0 aromatic heterocycles. The fourth-order valence-corrected chi connectivity index (χ4v) is 10.3. The zero-order valence-electron chi connectivity index (χ0n) is 48.9. The van der Waals surface area contributed by atoms with Gasteiger partial charge in [0.2, 0.25) is 5.91 Å². The number of phosphoric ester groups is 1. The molecule has 0 radical (unpaired) electrons. The third-order valence-corrected chi connectivity index (χ3v) is 15.4. The first kappa shape index (κ1) is 70.8. The van der Waals surface area contributed by atoms with Crippen molar-refractivity contribution in [1.29, 1.82) is 0 Å². The van der Waals surface area contributed by atoms with Crippen LogP contribution in [0.1, 0.15) is 323 Å². The number of carbonyl (C=O) groups is 2.